The number of anilines is 1. The van der Waals surface area contributed by atoms with Gasteiger partial charge in [-0.3, -0.25) is 19.3 Å². The minimum Gasteiger partial charge on any atom is -0.324 e. The smallest absolute Gasteiger partial charge is 0.247 e. The Morgan fingerprint density at radius 1 is 0.806 bits per heavy atom. The second-order valence-electron chi connectivity index (χ2n) is 10.8. The number of carbonyl (C=O) groups excluding carboxylic acids is 3. The summed E-state index contributed by atoms with van der Waals surface area (Å²) in [6.07, 6.45) is 0.420. The summed E-state index contributed by atoms with van der Waals surface area (Å²) in [7, 11) is 0. The molecule has 1 fully saturated rings. The molecule has 1 saturated heterocycles. The molecule has 4 aliphatic rings. The van der Waals surface area contributed by atoms with Gasteiger partial charge in [-0.05, 0) is 59.2 Å². The summed E-state index contributed by atoms with van der Waals surface area (Å²) in [6.45, 7) is 5.99. The van der Waals surface area contributed by atoms with Crippen LogP contribution in [0.2, 0.25) is 0 Å². The van der Waals surface area contributed by atoms with Crippen LogP contribution in [0.4, 0.5) is 5.69 Å². The Labute approximate surface area is 211 Å². The van der Waals surface area contributed by atoms with E-state index in [0.29, 0.717) is 12.1 Å². The first-order valence-corrected chi connectivity index (χ1v) is 12.8. The number of nitrogens with zero attached hydrogens (tertiary/aromatic N) is 1. The highest BCUT2D eigenvalue weighted by Gasteiger charge is 2.63. The summed E-state index contributed by atoms with van der Waals surface area (Å²) in [6, 6.07) is 23.1. The maximum atomic E-state index is 14.1. The van der Waals surface area contributed by atoms with Crippen molar-refractivity contribution in [3.05, 3.63) is 101 Å². The van der Waals surface area contributed by atoms with E-state index in [4.69, 9.17) is 0 Å². The van der Waals surface area contributed by atoms with Crippen molar-refractivity contribution in [2.45, 2.75) is 45.1 Å². The van der Waals surface area contributed by atoms with Crippen molar-refractivity contribution < 1.29 is 14.4 Å². The first kappa shape index (κ1) is 22.7. The summed E-state index contributed by atoms with van der Waals surface area (Å²) in [4.78, 5) is 43.2. The molecule has 5 heteroatoms. The Morgan fingerprint density at radius 3 is 1.75 bits per heavy atom. The van der Waals surface area contributed by atoms with Crippen LogP contribution in [0.25, 0.3) is 0 Å². The maximum absolute atomic E-state index is 14.1. The lowest BCUT2D eigenvalue weighted by atomic mass is 9.55. The van der Waals surface area contributed by atoms with E-state index in [2.05, 4.69) is 29.6 Å². The van der Waals surface area contributed by atoms with E-state index >= 15 is 0 Å². The molecule has 5 nitrogen and oxygen atoms in total. The Kier molecular flexibility index (Phi) is 5.32. The second-order valence-corrected chi connectivity index (χ2v) is 10.8. The SMILES string of the molecule is Cc1cccc(NC(=O)C(CC(C)C)N2C(=O)C3C4c5ccccc5C(c5ccccc54)C3C2=O)c1. The number of likely N-dealkylation sites (tertiary alicyclic amines) is 1. The van der Waals surface area contributed by atoms with Crippen molar-refractivity contribution in [2.75, 3.05) is 5.32 Å². The maximum Gasteiger partial charge on any atom is 0.247 e. The molecule has 36 heavy (non-hydrogen) atoms. The Balaban J connectivity index is 1.41. The molecule has 1 aliphatic heterocycles. The van der Waals surface area contributed by atoms with Gasteiger partial charge in [0.25, 0.3) is 0 Å². The lowest BCUT2D eigenvalue weighted by molar-refractivity contribution is -0.147. The Bertz CT molecular complexity index is 1280. The first-order valence-electron chi connectivity index (χ1n) is 12.8. The number of hydrogen-bond donors (Lipinski definition) is 1. The van der Waals surface area contributed by atoms with Crippen LogP contribution >= 0.6 is 0 Å². The normalized spacial score (nSPS) is 24.4. The lowest BCUT2D eigenvalue weighted by Gasteiger charge is -2.45. The largest absolute Gasteiger partial charge is 0.324 e. The van der Waals surface area contributed by atoms with Crippen LogP contribution in [-0.2, 0) is 14.4 Å². The fraction of sp³-hybridized carbons (Fsp3) is 0.323. The first-order chi connectivity index (χ1) is 17.4. The van der Waals surface area contributed by atoms with Gasteiger partial charge in [0.2, 0.25) is 17.7 Å². The molecular formula is C31H30N2O3. The van der Waals surface area contributed by atoms with Crippen molar-refractivity contribution in [1.82, 2.24) is 4.90 Å². The number of aryl methyl sites for hydroxylation is 1. The molecule has 3 amide bonds. The van der Waals surface area contributed by atoms with Gasteiger partial charge in [-0.2, -0.15) is 0 Å². The zero-order chi connectivity index (χ0) is 25.1. The van der Waals surface area contributed by atoms with Gasteiger partial charge in [-0.15, -0.1) is 0 Å². The molecule has 3 aromatic rings. The van der Waals surface area contributed by atoms with Crippen molar-refractivity contribution >= 4 is 23.4 Å². The summed E-state index contributed by atoms with van der Waals surface area (Å²) < 4.78 is 0. The molecule has 3 aliphatic carbocycles. The zero-order valence-corrected chi connectivity index (χ0v) is 20.8. The van der Waals surface area contributed by atoms with Crippen LogP contribution in [-0.4, -0.2) is 28.7 Å². The summed E-state index contributed by atoms with van der Waals surface area (Å²) >= 11 is 0. The summed E-state index contributed by atoms with van der Waals surface area (Å²) in [5, 5.41) is 2.97. The number of benzene rings is 3. The number of imide groups is 1. The monoisotopic (exact) mass is 478 g/mol. The fourth-order valence-corrected chi connectivity index (χ4v) is 6.73. The van der Waals surface area contributed by atoms with Gasteiger partial charge in [0.1, 0.15) is 6.04 Å². The molecule has 0 aromatic heterocycles. The highest BCUT2D eigenvalue weighted by atomic mass is 16.2. The molecule has 3 unspecified atom stereocenters. The molecule has 182 valence electrons. The van der Waals surface area contributed by atoms with Gasteiger partial charge in [0.05, 0.1) is 11.8 Å². The van der Waals surface area contributed by atoms with E-state index in [-0.39, 0.29) is 35.5 Å². The summed E-state index contributed by atoms with van der Waals surface area (Å²) in [5.74, 6) is -1.91. The van der Waals surface area contributed by atoms with E-state index < -0.39 is 17.9 Å². The van der Waals surface area contributed by atoms with Crippen LogP contribution in [0, 0.1) is 24.7 Å². The third kappa shape index (κ3) is 3.33. The minimum atomic E-state index is -0.846. The van der Waals surface area contributed by atoms with E-state index in [1.165, 1.54) is 4.90 Å². The van der Waals surface area contributed by atoms with E-state index in [1.807, 2.05) is 69.3 Å². The van der Waals surface area contributed by atoms with Crippen LogP contribution in [0.5, 0.6) is 0 Å². The topological polar surface area (TPSA) is 66.5 Å². The third-order valence-electron chi connectivity index (χ3n) is 8.08. The molecule has 0 spiro atoms. The second kappa shape index (κ2) is 8.44. The molecule has 0 saturated carbocycles. The standard InChI is InChI=1S/C31H30N2O3/c1-17(2)15-24(29(34)32-19-10-8-9-18(3)16-19)33-30(35)27-25-20-11-4-5-12-21(20)26(28(27)31(33)36)23-14-7-6-13-22(23)25/h4-14,16-17,24-28H,15H2,1-3H3,(H,32,34). The van der Waals surface area contributed by atoms with Crippen LogP contribution < -0.4 is 5.32 Å². The number of carbonyl (C=O) groups is 3. The van der Waals surface area contributed by atoms with Gasteiger partial charge in [-0.1, -0.05) is 74.5 Å². The van der Waals surface area contributed by atoms with E-state index in [0.717, 1.165) is 27.8 Å². The molecule has 0 radical (unpaired) electrons. The zero-order valence-electron chi connectivity index (χ0n) is 20.8. The quantitative estimate of drug-likeness (QED) is 0.510. The van der Waals surface area contributed by atoms with Crippen LogP contribution in [0.15, 0.2) is 72.8 Å². The minimum absolute atomic E-state index is 0.132. The lowest BCUT2D eigenvalue weighted by Crippen LogP contribution is -2.48. The predicted molar refractivity (Wildman–Crippen MR) is 138 cm³/mol. The molecule has 7 rings (SSSR count). The van der Waals surface area contributed by atoms with Crippen molar-refractivity contribution in [3.8, 4) is 0 Å². The highest BCUT2D eigenvalue weighted by molar-refractivity contribution is 6.11. The molecule has 1 heterocycles. The fourth-order valence-electron chi connectivity index (χ4n) is 6.73. The summed E-state index contributed by atoms with van der Waals surface area (Å²) in [5.41, 5.74) is 6.24. The molecule has 1 N–H and O–H groups in total. The predicted octanol–water partition coefficient (Wildman–Crippen LogP) is 5.24. The van der Waals surface area contributed by atoms with Crippen LogP contribution in [0.3, 0.4) is 0 Å². The average Bonchev–Trinajstić information content (AvgIpc) is 3.13. The molecular weight excluding hydrogens is 448 g/mol. The van der Waals surface area contributed by atoms with E-state index in [9.17, 15) is 14.4 Å². The van der Waals surface area contributed by atoms with Gasteiger partial charge in [0.15, 0.2) is 0 Å². The highest BCUT2D eigenvalue weighted by Crippen LogP contribution is 2.61. The number of nitrogens with one attached hydrogen (secondary N) is 1. The molecule has 3 atom stereocenters. The number of hydrogen-bond acceptors (Lipinski definition) is 3. The van der Waals surface area contributed by atoms with Gasteiger partial charge in [-0.25, -0.2) is 0 Å². The van der Waals surface area contributed by atoms with Gasteiger partial charge < -0.3 is 5.32 Å². The third-order valence-corrected chi connectivity index (χ3v) is 8.08. The molecule has 2 bridgehead atoms. The number of rotatable bonds is 5. The number of amides is 3. The van der Waals surface area contributed by atoms with E-state index in [1.54, 1.807) is 0 Å². The van der Waals surface area contributed by atoms with Gasteiger partial charge >= 0.3 is 0 Å². The molecule has 3 aromatic carbocycles. The Hall–Kier alpha value is -3.73. The van der Waals surface area contributed by atoms with Crippen molar-refractivity contribution in [3.63, 3.8) is 0 Å². The van der Waals surface area contributed by atoms with Crippen molar-refractivity contribution in [1.29, 1.82) is 0 Å². The van der Waals surface area contributed by atoms with Crippen molar-refractivity contribution in [2.24, 2.45) is 17.8 Å². The Morgan fingerprint density at radius 2 is 1.31 bits per heavy atom. The van der Waals surface area contributed by atoms with Crippen LogP contribution in [0.1, 0.15) is 59.9 Å². The van der Waals surface area contributed by atoms with Gasteiger partial charge in [0, 0.05) is 17.5 Å². The average molecular weight is 479 g/mol.